The summed E-state index contributed by atoms with van der Waals surface area (Å²) in [4.78, 5) is 8.44. The van der Waals surface area contributed by atoms with Crippen molar-refractivity contribution in [2.75, 3.05) is 13.1 Å². The molecule has 19 heavy (non-hydrogen) atoms. The lowest BCUT2D eigenvalue weighted by atomic mass is 9.99. The van der Waals surface area contributed by atoms with Crippen molar-refractivity contribution in [3.8, 4) is 11.3 Å². The molecule has 0 bridgehead atoms. The van der Waals surface area contributed by atoms with Gasteiger partial charge >= 0.3 is 0 Å². The van der Waals surface area contributed by atoms with Gasteiger partial charge in [-0.05, 0) is 37.1 Å². The number of imidazole rings is 1. The number of benzene rings is 1. The summed E-state index contributed by atoms with van der Waals surface area (Å²) in [5.74, 6) is 1.73. The molecule has 0 radical (unpaired) electrons. The van der Waals surface area contributed by atoms with E-state index >= 15 is 0 Å². The Kier molecular flexibility index (Phi) is 2.74. The second-order valence-corrected chi connectivity index (χ2v) is 6.39. The Labute approximate surface area is 121 Å². The van der Waals surface area contributed by atoms with Crippen LogP contribution >= 0.6 is 15.9 Å². The Morgan fingerprint density at radius 3 is 3.11 bits per heavy atom. The average Bonchev–Trinajstić information content (AvgIpc) is 2.96. The van der Waals surface area contributed by atoms with Crippen molar-refractivity contribution in [3.63, 3.8) is 0 Å². The molecule has 0 amide bonds. The minimum absolute atomic E-state index is 0.554. The molecule has 2 aliphatic rings. The van der Waals surface area contributed by atoms with Gasteiger partial charge in [-0.3, -0.25) is 0 Å². The fraction of sp³-hybridized carbons (Fsp3) is 0.400. The van der Waals surface area contributed by atoms with Crippen molar-refractivity contribution < 1.29 is 0 Å². The number of hydrogen-bond donors (Lipinski definition) is 2. The van der Waals surface area contributed by atoms with Crippen LogP contribution in [-0.4, -0.2) is 23.1 Å². The highest BCUT2D eigenvalue weighted by atomic mass is 79.9. The number of halogens is 1. The van der Waals surface area contributed by atoms with Gasteiger partial charge in [0.15, 0.2) is 0 Å². The maximum atomic E-state index is 4.87. The maximum absolute atomic E-state index is 4.87. The largest absolute Gasteiger partial charge is 0.345 e. The predicted molar refractivity (Wildman–Crippen MR) is 79.4 cm³/mol. The van der Waals surface area contributed by atoms with Crippen molar-refractivity contribution in [2.24, 2.45) is 0 Å². The summed E-state index contributed by atoms with van der Waals surface area (Å²) in [5, 5.41) is 3.46. The smallest absolute Gasteiger partial charge is 0.111 e. The standard InChI is InChI=1S/C15H16BrN3/c16-11-3-4-12-10(6-11)7-13-14(12)19-15(18-13)9-2-1-5-17-8-9/h3-4,6,9,17H,1-2,5,7-8H2,(H,18,19). The molecular weight excluding hydrogens is 302 g/mol. The second-order valence-electron chi connectivity index (χ2n) is 5.47. The van der Waals surface area contributed by atoms with Crippen LogP contribution in [0.4, 0.5) is 0 Å². The van der Waals surface area contributed by atoms with E-state index in [4.69, 9.17) is 4.98 Å². The van der Waals surface area contributed by atoms with Gasteiger partial charge in [0.25, 0.3) is 0 Å². The Bertz CT molecular complexity index is 626. The quantitative estimate of drug-likeness (QED) is 0.723. The predicted octanol–water partition coefficient (Wildman–Crippen LogP) is 3.21. The van der Waals surface area contributed by atoms with E-state index in [1.54, 1.807) is 0 Å². The topological polar surface area (TPSA) is 40.7 Å². The Morgan fingerprint density at radius 2 is 2.26 bits per heavy atom. The highest BCUT2D eigenvalue weighted by molar-refractivity contribution is 9.10. The van der Waals surface area contributed by atoms with Crippen molar-refractivity contribution in [1.29, 1.82) is 0 Å². The first-order valence-electron chi connectivity index (χ1n) is 6.89. The van der Waals surface area contributed by atoms with Gasteiger partial charge in [-0.2, -0.15) is 0 Å². The van der Waals surface area contributed by atoms with Crippen LogP contribution in [0.3, 0.4) is 0 Å². The fourth-order valence-corrected chi connectivity index (χ4v) is 3.60. The van der Waals surface area contributed by atoms with Gasteiger partial charge in [0.05, 0.1) is 5.69 Å². The van der Waals surface area contributed by atoms with Crippen LogP contribution < -0.4 is 5.32 Å². The summed E-state index contributed by atoms with van der Waals surface area (Å²) in [5.41, 5.74) is 5.12. The SMILES string of the molecule is Brc1ccc2c(c1)Cc1[nH]c(C3CCCNC3)nc1-2. The molecule has 1 unspecified atom stereocenters. The molecule has 98 valence electrons. The molecule has 1 aromatic heterocycles. The molecule has 1 aliphatic heterocycles. The number of aromatic nitrogens is 2. The van der Waals surface area contributed by atoms with E-state index in [1.165, 1.54) is 41.2 Å². The molecule has 2 heterocycles. The van der Waals surface area contributed by atoms with E-state index in [0.717, 1.165) is 24.0 Å². The Balaban J connectivity index is 1.71. The molecule has 0 saturated carbocycles. The minimum Gasteiger partial charge on any atom is -0.345 e. The van der Waals surface area contributed by atoms with Crippen LogP contribution in [-0.2, 0) is 6.42 Å². The first-order valence-corrected chi connectivity index (χ1v) is 7.69. The monoisotopic (exact) mass is 317 g/mol. The third-order valence-corrected chi connectivity index (χ3v) is 4.66. The fourth-order valence-electron chi connectivity index (χ4n) is 3.19. The summed E-state index contributed by atoms with van der Waals surface area (Å²) in [6, 6.07) is 6.48. The van der Waals surface area contributed by atoms with E-state index in [0.29, 0.717) is 5.92 Å². The molecule has 2 aromatic rings. The first kappa shape index (κ1) is 11.7. The molecule has 3 nitrogen and oxygen atoms in total. The van der Waals surface area contributed by atoms with E-state index in [-0.39, 0.29) is 0 Å². The number of aromatic amines is 1. The van der Waals surface area contributed by atoms with E-state index in [2.05, 4.69) is 44.4 Å². The maximum Gasteiger partial charge on any atom is 0.111 e. The zero-order valence-electron chi connectivity index (χ0n) is 10.7. The number of H-pyrrole nitrogens is 1. The van der Waals surface area contributed by atoms with Crippen LogP contribution in [0.25, 0.3) is 11.3 Å². The van der Waals surface area contributed by atoms with Gasteiger partial charge in [0, 0.05) is 34.6 Å². The molecule has 1 saturated heterocycles. The highest BCUT2D eigenvalue weighted by Crippen LogP contribution is 2.37. The van der Waals surface area contributed by atoms with Crippen LogP contribution in [0.5, 0.6) is 0 Å². The highest BCUT2D eigenvalue weighted by Gasteiger charge is 2.26. The van der Waals surface area contributed by atoms with Crippen molar-refractivity contribution in [3.05, 3.63) is 39.8 Å². The Morgan fingerprint density at radius 1 is 1.32 bits per heavy atom. The van der Waals surface area contributed by atoms with Crippen LogP contribution in [0.15, 0.2) is 22.7 Å². The molecule has 4 rings (SSSR count). The van der Waals surface area contributed by atoms with Gasteiger partial charge in [-0.15, -0.1) is 0 Å². The van der Waals surface area contributed by atoms with E-state index in [1.807, 2.05) is 0 Å². The van der Waals surface area contributed by atoms with Gasteiger partial charge < -0.3 is 10.3 Å². The van der Waals surface area contributed by atoms with Crippen molar-refractivity contribution >= 4 is 15.9 Å². The number of nitrogens with one attached hydrogen (secondary N) is 2. The third-order valence-electron chi connectivity index (χ3n) is 4.17. The minimum atomic E-state index is 0.554. The molecule has 2 N–H and O–H groups in total. The van der Waals surface area contributed by atoms with Crippen molar-refractivity contribution in [1.82, 2.24) is 15.3 Å². The summed E-state index contributed by atoms with van der Waals surface area (Å²) in [6.07, 6.45) is 3.48. The lowest BCUT2D eigenvalue weighted by molar-refractivity contribution is 0.448. The van der Waals surface area contributed by atoms with Gasteiger partial charge in [-0.1, -0.05) is 22.0 Å². The summed E-state index contributed by atoms with van der Waals surface area (Å²) in [7, 11) is 0. The molecule has 1 aliphatic carbocycles. The number of fused-ring (bicyclic) bond motifs is 3. The number of piperidine rings is 1. The number of nitrogens with zero attached hydrogens (tertiary/aromatic N) is 1. The number of hydrogen-bond acceptors (Lipinski definition) is 2. The van der Waals surface area contributed by atoms with Crippen LogP contribution in [0.2, 0.25) is 0 Å². The second kappa shape index (κ2) is 4.46. The molecule has 1 aromatic carbocycles. The molecule has 0 spiro atoms. The average molecular weight is 318 g/mol. The van der Waals surface area contributed by atoms with Crippen molar-refractivity contribution in [2.45, 2.75) is 25.2 Å². The normalized spacial score (nSPS) is 21.2. The van der Waals surface area contributed by atoms with E-state index < -0.39 is 0 Å². The molecular formula is C15H16BrN3. The molecule has 4 heteroatoms. The van der Waals surface area contributed by atoms with Crippen LogP contribution in [0, 0.1) is 0 Å². The summed E-state index contributed by atoms with van der Waals surface area (Å²) in [6.45, 7) is 2.20. The van der Waals surface area contributed by atoms with E-state index in [9.17, 15) is 0 Å². The zero-order chi connectivity index (χ0) is 12.8. The summed E-state index contributed by atoms with van der Waals surface area (Å²) >= 11 is 3.54. The van der Waals surface area contributed by atoms with Crippen LogP contribution in [0.1, 0.15) is 35.8 Å². The van der Waals surface area contributed by atoms with Gasteiger partial charge in [-0.25, -0.2) is 4.98 Å². The molecule has 1 fully saturated rings. The zero-order valence-corrected chi connectivity index (χ0v) is 12.3. The third kappa shape index (κ3) is 1.94. The lowest BCUT2D eigenvalue weighted by Crippen LogP contribution is -2.29. The van der Waals surface area contributed by atoms with Gasteiger partial charge in [0.2, 0.25) is 0 Å². The van der Waals surface area contributed by atoms with Gasteiger partial charge in [0.1, 0.15) is 5.82 Å². The first-order chi connectivity index (χ1) is 9.31. The lowest BCUT2D eigenvalue weighted by Gasteiger charge is -2.20. The molecule has 1 atom stereocenters. The summed E-state index contributed by atoms with van der Waals surface area (Å²) < 4.78 is 1.15. The Hall–Kier alpha value is -1.13. The number of rotatable bonds is 1.